The van der Waals surface area contributed by atoms with E-state index in [1.165, 1.54) is 11.6 Å². The topological polar surface area (TPSA) is 71.1 Å². The van der Waals surface area contributed by atoms with Crippen LogP contribution in [0.1, 0.15) is 65.2 Å². The van der Waals surface area contributed by atoms with E-state index < -0.39 is 18.2 Å². The molecule has 0 amide bonds. The molecule has 0 aromatic rings. The molecule has 4 rings (SSSR count). The predicted octanol–water partition coefficient (Wildman–Crippen LogP) is 5.34. The molecule has 196 valence electrons. The number of allylic oxidation sites excluding steroid dienone is 1. The number of carbonyl (C=O) groups excluding carboxylic acids is 2. The van der Waals surface area contributed by atoms with Crippen LogP contribution in [0.25, 0.3) is 0 Å². The van der Waals surface area contributed by atoms with Crippen molar-refractivity contribution in [2.24, 2.45) is 5.92 Å². The fourth-order valence-electron chi connectivity index (χ4n) is 5.51. The number of esters is 1. The van der Waals surface area contributed by atoms with Crippen LogP contribution in [0.2, 0.25) is 0 Å². The fraction of sp³-hybridized carbons (Fsp3) is 0.600. The third-order valence-electron chi connectivity index (χ3n) is 7.20. The van der Waals surface area contributed by atoms with Crippen LogP contribution in [0.5, 0.6) is 0 Å². The quantitative estimate of drug-likeness (QED) is 0.380. The number of ketones is 1. The standard InChI is InChI=1S/C30H40O6/c1-20-12-13-33-25(16-20)10-11-28-29-19-27(35-28)18-23(31)15-21(2)14-22(3)17-26-8-4-6-24(34-26)7-5-9-30(32)36-29/h4-6,9-12,22,24-29H,2,7-8,13-19H2,1,3H3/b9-5+,11-10+/t22-,24-,25+,26-,27?,28-,29-/m0/s1. The second-order valence-corrected chi connectivity index (χ2v) is 10.8. The van der Waals surface area contributed by atoms with Gasteiger partial charge in [0, 0.05) is 25.3 Å². The largest absolute Gasteiger partial charge is 0.456 e. The molecule has 0 spiro atoms. The first-order valence-electron chi connectivity index (χ1n) is 13.3. The number of hydrogen-bond donors (Lipinski definition) is 0. The summed E-state index contributed by atoms with van der Waals surface area (Å²) >= 11 is 0. The molecule has 0 saturated carbocycles. The molecule has 6 heteroatoms. The molecule has 1 unspecified atom stereocenters. The molecular formula is C30H40O6. The summed E-state index contributed by atoms with van der Waals surface area (Å²) in [5.74, 6) is 0.0938. The minimum Gasteiger partial charge on any atom is -0.456 e. The average molecular weight is 497 g/mol. The summed E-state index contributed by atoms with van der Waals surface area (Å²) < 4.78 is 24.0. The Kier molecular flexibility index (Phi) is 9.52. The molecule has 6 nitrogen and oxygen atoms in total. The van der Waals surface area contributed by atoms with Crippen molar-refractivity contribution in [3.8, 4) is 0 Å². The summed E-state index contributed by atoms with van der Waals surface area (Å²) in [5.41, 5.74) is 2.25. The van der Waals surface area contributed by atoms with Crippen LogP contribution in [0.4, 0.5) is 0 Å². The molecular weight excluding hydrogens is 456 g/mol. The highest BCUT2D eigenvalue weighted by Crippen LogP contribution is 2.30. The molecule has 0 aliphatic carbocycles. The Hall–Kier alpha value is -2.28. The molecule has 4 aliphatic heterocycles. The van der Waals surface area contributed by atoms with Crippen LogP contribution in [-0.2, 0) is 28.5 Å². The average Bonchev–Trinajstić information content (AvgIpc) is 3.17. The fourth-order valence-corrected chi connectivity index (χ4v) is 5.51. The van der Waals surface area contributed by atoms with Gasteiger partial charge in [0.1, 0.15) is 18.0 Å². The molecule has 0 N–H and O–H groups in total. The number of carbonyl (C=O) groups is 2. The van der Waals surface area contributed by atoms with E-state index in [1.54, 1.807) is 0 Å². The summed E-state index contributed by atoms with van der Waals surface area (Å²) in [4.78, 5) is 25.5. The van der Waals surface area contributed by atoms with Gasteiger partial charge in [-0.25, -0.2) is 4.79 Å². The van der Waals surface area contributed by atoms with E-state index in [0.29, 0.717) is 38.2 Å². The van der Waals surface area contributed by atoms with Crippen LogP contribution in [0.15, 0.2) is 60.3 Å². The van der Waals surface area contributed by atoms with Crippen LogP contribution < -0.4 is 0 Å². The van der Waals surface area contributed by atoms with Gasteiger partial charge in [0.25, 0.3) is 0 Å². The van der Waals surface area contributed by atoms with Crippen molar-refractivity contribution in [2.45, 2.75) is 102 Å². The Morgan fingerprint density at radius 1 is 1.00 bits per heavy atom. The maximum atomic E-state index is 12.8. The Bertz CT molecular complexity index is 928. The van der Waals surface area contributed by atoms with Crippen molar-refractivity contribution in [1.82, 2.24) is 0 Å². The van der Waals surface area contributed by atoms with Gasteiger partial charge in [-0.15, -0.1) is 0 Å². The molecule has 4 heterocycles. The van der Waals surface area contributed by atoms with Gasteiger partial charge in [0.15, 0.2) is 0 Å². The maximum Gasteiger partial charge on any atom is 0.330 e. The van der Waals surface area contributed by atoms with Gasteiger partial charge in [-0.05, 0) is 44.9 Å². The number of ether oxygens (including phenoxy) is 4. The zero-order valence-corrected chi connectivity index (χ0v) is 21.6. The van der Waals surface area contributed by atoms with Crippen LogP contribution >= 0.6 is 0 Å². The smallest absolute Gasteiger partial charge is 0.330 e. The van der Waals surface area contributed by atoms with E-state index in [-0.39, 0.29) is 30.2 Å². The number of hydrogen-bond acceptors (Lipinski definition) is 6. The molecule has 7 atom stereocenters. The Labute approximate surface area is 215 Å². The molecule has 4 aliphatic rings. The van der Waals surface area contributed by atoms with E-state index in [1.807, 2.05) is 18.2 Å². The minimum atomic E-state index is -0.450. The number of rotatable bonds is 2. The SMILES string of the molecule is C=C1CC(=O)CC2C[C@H](OC(=O)/C=C/C[C@@H]3C=CC[C@@H](C[C@@H](C)C1)O3)[C@H](/C=C/[C@@H]1CC(C)=CCO1)O2. The van der Waals surface area contributed by atoms with E-state index in [2.05, 4.69) is 38.7 Å². The first-order valence-corrected chi connectivity index (χ1v) is 13.3. The summed E-state index contributed by atoms with van der Waals surface area (Å²) in [6.45, 7) is 9.05. The number of Topliss-reactive ketones (excluding diaryl/α,β-unsaturated/α-hetero) is 1. The summed E-state index contributed by atoms with van der Waals surface area (Å²) in [6.07, 6.45) is 17.6. The third kappa shape index (κ3) is 8.12. The molecule has 0 aromatic carbocycles. The van der Waals surface area contributed by atoms with Gasteiger partial charge in [0.2, 0.25) is 0 Å². The maximum absolute atomic E-state index is 12.8. The minimum absolute atomic E-state index is 0.0253. The van der Waals surface area contributed by atoms with E-state index >= 15 is 0 Å². The second kappa shape index (κ2) is 12.8. The Morgan fingerprint density at radius 2 is 1.86 bits per heavy atom. The van der Waals surface area contributed by atoms with Crippen molar-refractivity contribution in [2.75, 3.05) is 6.61 Å². The van der Waals surface area contributed by atoms with Crippen molar-refractivity contribution in [3.05, 3.63) is 60.3 Å². The van der Waals surface area contributed by atoms with Gasteiger partial charge in [0.05, 0.1) is 31.0 Å². The molecule has 4 bridgehead atoms. The predicted molar refractivity (Wildman–Crippen MR) is 138 cm³/mol. The van der Waals surface area contributed by atoms with Crippen LogP contribution in [0, 0.1) is 5.92 Å². The van der Waals surface area contributed by atoms with E-state index in [9.17, 15) is 9.59 Å². The molecule has 1 fully saturated rings. The monoisotopic (exact) mass is 496 g/mol. The van der Waals surface area contributed by atoms with Gasteiger partial charge in [-0.3, -0.25) is 4.79 Å². The third-order valence-corrected chi connectivity index (χ3v) is 7.20. The van der Waals surface area contributed by atoms with Crippen molar-refractivity contribution >= 4 is 11.8 Å². The van der Waals surface area contributed by atoms with Crippen molar-refractivity contribution in [1.29, 1.82) is 0 Å². The van der Waals surface area contributed by atoms with E-state index in [4.69, 9.17) is 18.9 Å². The van der Waals surface area contributed by atoms with E-state index in [0.717, 1.165) is 31.3 Å². The van der Waals surface area contributed by atoms with Crippen LogP contribution in [0.3, 0.4) is 0 Å². The normalized spacial score (nSPS) is 37.8. The lowest BCUT2D eigenvalue weighted by Gasteiger charge is -2.28. The summed E-state index contributed by atoms with van der Waals surface area (Å²) in [6, 6.07) is 0. The number of fused-ring (bicyclic) bond motifs is 4. The Morgan fingerprint density at radius 3 is 2.69 bits per heavy atom. The lowest BCUT2D eigenvalue weighted by molar-refractivity contribution is -0.144. The lowest BCUT2D eigenvalue weighted by Crippen LogP contribution is -2.26. The second-order valence-electron chi connectivity index (χ2n) is 10.8. The molecule has 0 radical (unpaired) electrons. The highest BCUT2D eigenvalue weighted by molar-refractivity contribution is 5.82. The van der Waals surface area contributed by atoms with Gasteiger partial charge in [-0.2, -0.15) is 0 Å². The van der Waals surface area contributed by atoms with Gasteiger partial charge < -0.3 is 18.9 Å². The van der Waals surface area contributed by atoms with Crippen molar-refractivity contribution in [3.63, 3.8) is 0 Å². The highest BCUT2D eigenvalue weighted by atomic mass is 16.6. The zero-order chi connectivity index (χ0) is 25.5. The zero-order valence-electron chi connectivity index (χ0n) is 21.6. The van der Waals surface area contributed by atoms with Crippen LogP contribution in [-0.4, -0.2) is 55.0 Å². The van der Waals surface area contributed by atoms with Gasteiger partial charge >= 0.3 is 5.97 Å². The van der Waals surface area contributed by atoms with Gasteiger partial charge in [-0.1, -0.05) is 61.1 Å². The molecule has 0 aromatic heterocycles. The van der Waals surface area contributed by atoms with Crippen molar-refractivity contribution < 1.29 is 28.5 Å². The lowest BCUT2D eigenvalue weighted by atomic mass is 9.91. The first-order chi connectivity index (χ1) is 17.3. The summed E-state index contributed by atoms with van der Waals surface area (Å²) in [7, 11) is 0. The highest BCUT2D eigenvalue weighted by Gasteiger charge is 2.37. The molecule has 36 heavy (non-hydrogen) atoms. The summed E-state index contributed by atoms with van der Waals surface area (Å²) in [5, 5.41) is 0. The first kappa shape index (κ1) is 26.8. The Balaban J connectivity index is 1.46. The molecule has 1 saturated heterocycles.